The van der Waals surface area contributed by atoms with E-state index in [1.807, 2.05) is 43.1 Å². The van der Waals surface area contributed by atoms with Crippen LogP contribution in [-0.2, 0) is 4.79 Å². The van der Waals surface area contributed by atoms with Crippen LogP contribution in [0.4, 0.5) is 5.69 Å². The summed E-state index contributed by atoms with van der Waals surface area (Å²) in [6.45, 7) is 1.96. The lowest BCUT2D eigenvalue weighted by Gasteiger charge is -2.27. The van der Waals surface area contributed by atoms with Gasteiger partial charge < -0.3 is 10.6 Å². The number of nitrogens with two attached hydrogens (primary N) is 1. The maximum absolute atomic E-state index is 12.4. The topological polar surface area (TPSA) is 46.3 Å². The molecule has 98 valence electrons. The highest BCUT2D eigenvalue weighted by molar-refractivity contribution is 5.83. The fourth-order valence-electron chi connectivity index (χ4n) is 2.75. The average Bonchev–Trinajstić information content (AvgIpc) is 2.90. The zero-order chi connectivity index (χ0) is 13.1. The Bertz CT molecular complexity index is 424. The van der Waals surface area contributed by atoms with Gasteiger partial charge in [-0.2, -0.15) is 0 Å². The van der Waals surface area contributed by atoms with E-state index < -0.39 is 0 Å². The molecular formula is C15H22N2O. The van der Waals surface area contributed by atoms with Crippen LogP contribution in [-0.4, -0.2) is 23.9 Å². The van der Waals surface area contributed by atoms with Crippen molar-refractivity contribution in [3.63, 3.8) is 0 Å². The highest BCUT2D eigenvalue weighted by atomic mass is 16.2. The highest BCUT2D eigenvalue weighted by Crippen LogP contribution is 2.26. The van der Waals surface area contributed by atoms with E-state index in [-0.39, 0.29) is 11.8 Å². The molecule has 0 radical (unpaired) electrons. The van der Waals surface area contributed by atoms with Crippen LogP contribution in [0.25, 0.3) is 0 Å². The number of amides is 1. The normalized spacial score (nSPS) is 17.7. The van der Waals surface area contributed by atoms with Crippen LogP contribution >= 0.6 is 0 Å². The lowest BCUT2D eigenvalue weighted by molar-refractivity contribution is -0.133. The maximum Gasteiger partial charge on any atom is 0.229 e. The van der Waals surface area contributed by atoms with Crippen LogP contribution in [0.1, 0.15) is 44.1 Å². The Morgan fingerprint density at radius 2 is 2.06 bits per heavy atom. The minimum Gasteiger partial charge on any atom is -0.399 e. The number of nitrogens with zero attached hydrogens (tertiary/aromatic N) is 1. The number of hydrogen-bond acceptors (Lipinski definition) is 2. The van der Waals surface area contributed by atoms with Gasteiger partial charge >= 0.3 is 0 Å². The first-order valence-electron chi connectivity index (χ1n) is 6.71. The van der Waals surface area contributed by atoms with E-state index in [1.54, 1.807) is 0 Å². The fourth-order valence-corrected chi connectivity index (χ4v) is 2.75. The quantitative estimate of drug-likeness (QED) is 0.834. The molecule has 2 N–H and O–H groups in total. The predicted molar refractivity (Wildman–Crippen MR) is 74.3 cm³/mol. The van der Waals surface area contributed by atoms with Crippen LogP contribution < -0.4 is 5.73 Å². The molecular weight excluding hydrogens is 224 g/mol. The standard InChI is InChI=1S/C15H22N2O/c1-11(12-6-5-7-13(16)10-12)15(18)17(2)14-8-3-4-9-14/h5-7,10-11,14H,3-4,8-9,16H2,1-2H3. The fraction of sp³-hybridized carbons (Fsp3) is 0.533. The van der Waals surface area contributed by atoms with Gasteiger partial charge in [-0.15, -0.1) is 0 Å². The van der Waals surface area contributed by atoms with Gasteiger partial charge in [0.15, 0.2) is 0 Å². The van der Waals surface area contributed by atoms with Gasteiger partial charge in [-0.1, -0.05) is 25.0 Å². The van der Waals surface area contributed by atoms with Crippen molar-refractivity contribution in [3.05, 3.63) is 29.8 Å². The summed E-state index contributed by atoms with van der Waals surface area (Å²) in [5.74, 6) is 0.0894. The molecule has 0 heterocycles. The molecule has 1 atom stereocenters. The number of carbonyl (C=O) groups excluding carboxylic acids is 1. The highest BCUT2D eigenvalue weighted by Gasteiger charge is 2.27. The molecule has 1 amide bonds. The van der Waals surface area contributed by atoms with Crippen LogP contribution in [0.5, 0.6) is 0 Å². The molecule has 1 saturated carbocycles. The Kier molecular flexibility index (Phi) is 3.90. The summed E-state index contributed by atoms with van der Waals surface area (Å²) in [6, 6.07) is 8.05. The Labute approximate surface area is 109 Å². The second-order valence-electron chi connectivity index (χ2n) is 5.28. The van der Waals surface area contributed by atoms with Gasteiger partial charge in [-0.25, -0.2) is 0 Å². The number of nitrogen functional groups attached to an aromatic ring is 1. The van der Waals surface area contributed by atoms with E-state index >= 15 is 0 Å². The minimum atomic E-state index is -0.112. The second kappa shape index (κ2) is 5.42. The number of likely N-dealkylation sites (N-methyl/N-ethyl adjacent to an activating group) is 1. The van der Waals surface area contributed by atoms with Crippen molar-refractivity contribution in [1.82, 2.24) is 4.90 Å². The first-order chi connectivity index (χ1) is 8.59. The Hall–Kier alpha value is -1.51. The van der Waals surface area contributed by atoms with Crippen molar-refractivity contribution >= 4 is 11.6 Å². The molecule has 1 aliphatic carbocycles. The Balaban J connectivity index is 2.08. The molecule has 0 aliphatic heterocycles. The summed E-state index contributed by atoms with van der Waals surface area (Å²) in [7, 11) is 1.93. The molecule has 0 bridgehead atoms. The third kappa shape index (κ3) is 2.66. The average molecular weight is 246 g/mol. The number of rotatable bonds is 3. The lowest BCUT2D eigenvalue weighted by Crippen LogP contribution is -2.37. The molecule has 1 unspecified atom stereocenters. The molecule has 3 heteroatoms. The van der Waals surface area contributed by atoms with Gasteiger partial charge in [-0.3, -0.25) is 4.79 Å². The van der Waals surface area contributed by atoms with Crippen molar-refractivity contribution < 1.29 is 4.79 Å². The van der Waals surface area contributed by atoms with Gasteiger partial charge in [0.1, 0.15) is 0 Å². The van der Waals surface area contributed by atoms with E-state index in [2.05, 4.69) is 0 Å². The van der Waals surface area contributed by atoms with Crippen molar-refractivity contribution in [2.45, 2.75) is 44.6 Å². The van der Waals surface area contributed by atoms with Crippen molar-refractivity contribution in [2.24, 2.45) is 0 Å². The van der Waals surface area contributed by atoms with Gasteiger partial charge in [0.2, 0.25) is 5.91 Å². The van der Waals surface area contributed by atoms with E-state index in [0.29, 0.717) is 6.04 Å². The number of hydrogen-bond donors (Lipinski definition) is 1. The summed E-state index contributed by atoms with van der Waals surface area (Å²) >= 11 is 0. The number of anilines is 1. The van der Waals surface area contributed by atoms with Crippen LogP contribution in [0.15, 0.2) is 24.3 Å². The van der Waals surface area contributed by atoms with Crippen LogP contribution in [0, 0.1) is 0 Å². The minimum absolute atomic E-state index is 0.112. The Morgan fingerprint density at radius 1 is 1.39 bits per heavy atom. The molecule has 2 rings (SSSR count). The molecule has 3 nitrogen and oxygen atoms in total. The van der Waals surface area contributed by atoms with Gasteiger partial charge in [0, 0.05) is 18.8 Å². The summed E-state index contributed by atoms with van der Waals surface area (Å²) in [4.78, 5) is 14.4. The molecule has 1 aromatic carbocycles. The monoisotopic (exact) mass is 246 g/mol. The van der Waals surface area contributed by atoms with Crippen LogP contribution in [0.3, 0.4) is 0 Å². The number of benzene rings is 1. The van der Waals surface area contributed by atoms with Crippen molar-refractivity contribution in [3.8, 4) is 0 Å². The lowest BCUT2D eigenvalue weighted by atomic mass is 9.98. The van der Waals surface area contributed by atoms with E-state index in [0.717, 1.165) is 24.1 Å². The summed E-state index contributed by atoms with van der Waals surface area (Å²) in [5.41, 5.74) is 7.49. The molecule has 0 spiro atoms. The number of carbonyl (C=O) groups is 1. The first kappa shape index (κ1) is 12.9. The molecule has 1 aliphatic rings. The zero-order valence-electron chi connectivity index (χ0n) is 11.2. The van der Waals surface area contributed by atoms with Crippen molar-refractivity contribution in [1.29, 1.82) is 0 Å². The molecule has 1 fully saturated rings. The van der Waals surface area contributed by atoms with Gasteiger partial charge in [0.05, 0.1) is 5.92 Å². The predicted octanol–water partition coefficient (Wildman–Crippen LogP) is 2.77. The SMILES string of the molecule is CC(C(=O)N(C)C1CCCC1)c1cccc(N)c1. The second-order valence-corrected chi connectivity index (χ2v) is 5.28. The van der Waals surface area contributed by atoms with Gasteiger partial charge in [-0.05, 0) is 37.5 Å². The first-order valence-corrected chi connectivity index (χ1v) is 6.71. The molecule has 0 saturated heterocycles. The maximum atomic E-state index is 12.4. The largest absolute Gasteiger partial charge is 0.399 e. The van der Waals surface area contributed by atoms with Crippen molar-refractivity contribution in [2.75, 3.05) is 12.8 Å². The summed E-state index contributed by atoms with van der Waals surface area (Å²) in [5, 5.41) is 0. The third-order valence-corrected chi connectivity index (χ3v) is 4.00. The Morgan fingerprint density at radius 3 is 2.67 bits per heavy atom. The smallest absolute Gasteiger partial charge is 0.229 e. The molecule has 1 aromatic rings. The summed E-state index contributed by atoms with van der Waals surface area (Å²) in [6.07, 6.45) is 4.78. The van der Waals surface area contributed by atoms with Gasteiger partial charge in [0.25, 0.3) is 0 Å². The zero-order valence-corrected chi connectivity index (χ0v) is 11.2. The third-order valence-electron chi connectivity index (χ3n) is 4.00. The van der Waals surface area contributed by atoms with Crippen LogP contribution in [0.2, 0.25) is 0 Å². The summed E-state index contributed by atoms with van der Waals surface area (Å²) < 4.78 is 0. The van der Waals surface area contributed by atoms with E-state index in [1.165, 1.54) is 12.8 Å². The molecule has 18 heavy (non-hydrogen) atoms. The van der Waals surface area contributed by atoms with E-state index in [4.69, 9.17) is 5.73 Å². The van der Waals surface area contributed by atoms with E-state index in [9.17, 15) is 4.79 Å². The molecule has 0 aromatic heterocycles.